The van der Waals surface area contributed by atoms with Gasteiger partial charge in [0.1, 0.15) is 22.8 Å². The van der Waals surface area contributed by atoms with Gasteiger partial charge in [0.05, 0.1) is 10.6 Å². The van der Waals surface area contributed by atoms with Crippen LogP contribution in [0.2, 0.25) is 5.02 Å². The molecule has 1 fully saturated rings. The molecule has 1 amide bonds. The molecule has 1 aliphatic rings. The summed E-state index contributed by atoms with van der Waals surface area (Å²) < 4.78 is 46.4. The van der Waals surface area contributed by atoms with E-state index in [4.69, 9.17) is 16.1 Å². The summed E-state index contributed by atoms with van der Waals surface area (Å²) in [6.07, 6.45) is 0. The first kappa shape index (κ1) is 20.7. The highest BCUT2D eigenvalue weighted by Gasteiger charge is 2.33. The SMILES string of the molecule is Cc1onc(-c2c(F)cccc2Cl)c1C(=O)N1CCN(S(=O)(=O)N(C)C)CC1. The molecule has 0 spiro atoms. The third-order valence-electron chi connectivity index (χ3n) is 4.59. The zero-order valence-electron chi connectivity index (χ0n) is 15.6. The highest BCUT2D eigenvalue weighted by atomic mass is 35.5. The maximum atomic E-state index is 14.3. The van der Waals surface area contributed by atoms with Crippen LogP contribution in [0.15, 0.2) is 22.7 Å². The minimum Gasteiger partial charge on any atom is -0.360 e. The van der Waals surface area contributed by atoms with E-state index in [1.807, 2.05) is 0 Å². The number of amides is 1. The number of aromatic nitrogens is 1. The van der Waals surface area contributed by atoms with Gasteiger partial charge in [0, 0.05) is 40.3 Å². The van der Waals surface area contributed by atoms with E-state index in [-0.39, 0.29) is 53.8 Å². The summed E-state index contributed by atoms with van der Waals surface area (Å²) in [5.74, 6) is -0.783. The topological polar surface area (TPSA) is 87.0 Å². The van der Waals surface area contributed by atoms with E-state index in [1.54, 1.807) is 6.92 Å². The normalized spacial score (nSPS) is 16.0. The van der Waals surface area contributed by atoms with Crippen molar-refractivity contribution < 1.29 is 22.1 Å². The summed E-state index contributed by atoms with van der Waals surface area (Å²) >= 11 is 6.11. The van der Waals surface area contributed by atoms with Crippen molar-refractivity contribution in [2.45, 2.75) is 6.92 Å². The molecule has 1 aromatic heterocycles. The maximum absolute atomic E-state index is 14.3. The Morgan fingerprint density at radius 3 is 2.46 bits per heavy atom. The number of piperazine rings is 1. The molecule has 1 aliphatic heterocycles. The van der Waals surface area contributed by atoms with Crippen molar-refractivity contribution in [1.82, 2.24) is 18.7 Å². The number of aryl methyl sites for hydroxylation is 1. The van der Waals surface area contributed by atoms with Crippen molar-refractivity contribution in [3.63, 3.8) is 0 Å². The fourth-order valence-electron chi connectivity index (χ4n) is 3.03. The molecule has 0 saturated carbocycles. The lowest BCUT2D eigenvalue weighted by Gasteiger charge is -2.35. The molecule has 1 aromatic carbocycles. The Balaban J connectivity index is 1.87. The summed E-state index contributed by atoms with van der Waals surface area (Å²) in [4.78, 5) is 14.6. The molecule has 28 heavy (non-hydrogen) atoms. The Morgan fingerprint density at radius 1 is 1.25 bits per heavy atom. The number of carbonyl (C=O) groups excluding carboxylic acids is 1. The molecular weight excluding hydrogens is 411 g/mol. The number of hydrogen-bond donors (Lipinski definition) is 0. The zero-order chi connectivity index (χ0) is 20.6. The van der Waals surface area contributed by atoms with Gasteiger partial charge in [0.25, 0.3) is 16.1 Å². The lowest BCUT2D eigenvalue weighted by Crippen LogP contribution is -2.53. The highest BCUT2D eigenvalue weighted by Crippen LogP contribution is 2.34. The summed E-state index contributed by atoms with van der Waals surface area (Å²) in [6.45, 7) is 2.27. The van der Waals surface area contributed by atoms with Crippen LogP contribution in [-0.4, -0.2) is 73.3 Å². The second-order valence-corrected chi connectivity index (χ2v) is 9.09. The van der Waals surface area contributed by atoms with Gasteiger partial charge in [0.15, 0.2) is 0 Å². The third kappa shape index (κ3) is 3.64. The molecule has 0 radical (unpaired) electrons. The van der Waals surface area contributed by atoms with Crippen LogP contribution in [0, 0.1) is 12.7 Å². The monoisotopic (exact) mass is 430 g/mol. The van der Waals surface area contributed by atoms with Gasteiger partial charge in [-0.15, -0.1) is 0 Å². The molecule has 11 heteroatoms. The summed E-state index contributed by atoms with van der Waals surface area (Å²) in [5.41, 5.74) is 0.156. The van der Waals surface area contributed by atoms with Crippen LogP contribution >= 0.6 is 11.6 Å². The van der Waals surface area contributed by atoms with Gasteiger partial charge in [-0.3, -0.25) is 4.79 Å². The lowest BCUT2D eigenvalue weighted by atomic mass is 10.0. The van der Waals surface area contributed by atoms with Gasteiger partial charge in [-0.1, -0.05) is 22.8 Å². The molecule has 0 atom stereocenters. The molecule has 0 bridgehead atoms. The Hall–Kier alpha value is -2.01. The largest absolute Gasteiger partial charge is 0.360 e. The van der Waals surface area contributed by atoms with E-state index >= 15 is 0 Å². The minimum absolute atomic E-state index is 0.00168. The van der Waals surface area contributed by atoms with Gasteiger partial charge >= 0.3 is 0 Å². The van der Waals surface area contributed by atoms with Crippen LogP contribution in [0.4, 0.5) is 4.39 Å². The van der Waals surface area contributed by atoms with Crippen molar-refractivity contribution in [2.24, 2.45) is 0 Å². The first-order chi connectivity index (χ1) is 13.1. The minimum atomic E-state index is -3.54. The first-order valence-electron chi connectivity index (χ1n) is 8.52. The molecule has 1 saturated heterocycles. The van der Waals surface area contributed by atoms with Crippen LogP contribution in [0.3, 0.4) is 0 Å². The molecule has 2 heterocycles. The Bertz CT molecular complexity index is 980. The van der Waals surface area contributed by atoms with Gasteiger partial charge in [-0.25, -0.2) is 4.39 Å². The van der Waals surface area contributed by atoms with E-state index in [1.165, 1.54) is 41.5 Å². The third-order valence-corrected chi connectivity index (χ3v) is 6.85. The number of carbonyl (C=O) groups is 1. The van der Waals surface area contributed by atoms with Crippen molar-refractivity contribution in [2.75, 3.05) is 40.3 Å². The van der Waals surface area contributed by atoms with E-state index in [2.05, 4.69) is 5.16 Å². The van der Waals surface area contributed by atoms with E-state index in [9.17, 15) is 17.6 Å². The summed E-state index contributed by atoms with van der Waals surface area (Å²) in [5, 5.41) is 3.96. The number of halogens is 2. The summed E-state index contributed by atoms with van der Waals surface area (Å²) in [7, 11) is -0.630. The quantitative estimate of drug-likeness (QED) is 0.740. The molecule has 8 nitrogen and oxygen atoms in total. The van der Waals surface area contributed by atoms with E-state index in [0.29, 0.717) is 0 Å². The number of hydrogen-bond acceptors (Lipinski definition) is 5. The van der Waals surface area contributed by atoms with Crippen molar-refractivity contribution in [3.8, 4) is 11.3 Å². The van der Waals surface area contributed by atoms with Crippen LogP contribution in [0.5, 0.6) is 0 Å². The molecule has 2 aromatic rings. The predicted molar refractivity (Wildman–Crippen MR) is 102 cm³/mol. The predicted octanol–water partition coefficient (Wildman–Crippen LogP) is 2.01. The van der Waals surface area contributed by atoms with Gasteiger partial charge < -0.3 is 9.42 Å². The Morgan fingerprint density at radius 2 is 1.89 bits per heavy atom. The molecule has 0 aliphatic carbocycles. The number of benzene rings is 1. The molecule has 0 N–H and O–H groups in total. The highest BCUT2D eigenvalue weighted by molar-refractivity contribution is 7.86. The molecule has 152 valence electrons. The smallest absolute Gasteiger partial charge is 0.281 e. The first-order valence-corrected chi connectivity index (χ1v) is 10.3. The van der Waals surface area contributed by atoms with E-state index < -0.39 is 21.9 Å². The van der Waals surface area contributed by atoms with Crippen LogP contribution in [0.25, 0.3) is 11.3 Å². The average molecular weight is 431 g/mol. The number of rotatable bonds is 4. The van der Waals surface area contributed by atoms with Crippen molar-refractivity contribution in [1.29, 1.82) is 0 Å². The zero-order valence-corrected chi connectivity index (χ0v) is 17.2. The number of nitrogens with zero attached hydrogens (tertiary/aromatic N) is 4. The standard InChI is InChI=1S/C17H20ClFN4O4S/c1-11-14(16(20-27-11)15-12(18)5-4-6-13(15)19)17(24)22-7-9-23(10-8-22)28(25,26)21(2)3/h4-6H,7-10H2,1-3H3. The maximum Gasteiger partial charge on any atom is 0.281 e. The second kappa shape index (κ2) is 7.78. The van der Waals surface area contributed by atoms with Gasteiger partial charge in [-0.2, -0.15) is 17.0 Å². The van der Waals surface area contributed by atoms with Crippen LogP contribution in [0.1, 0.15) is 16.1 Å². The molecule has 3 rings (SSSR count). The lowest BCUT2D eigenvalue weighted by molar-refractivity contribution is 0.0694. The van der Waals surface area contributed by atoms with Crippen molar-refractivity contribution in [3.05, 3.63) is 40.4 Å². The molecule has 0 unspecified atom stereocenters. The average Bonchev–Trinajstić information content (AvgIpc) is 3.02. The fraction of sp³-hybridized carbons (Fsp3) is 0.412. The second-order valence-electron chi connectivity index (χ2n) is 6.54. The fourth-order valence-corrected chi connectivity index (χ4v) is 4.37. The van der Waals surface area contributed by atoms with Gasteiger partial charge in [-0.05, 0) is 19.1 Å². The van der Waals surface area contributed by atoms with Crippen LogP contribution in [-0.2, 0) is 10.2 Å². The molecular formula is C17H20ClFN4O4S. The van der Waals surface area contributed by atoms with Gasteiger partial charge in [0.2, 0.25) is 0 Å². The Labute approximate surface area is 167 Å². The van der Waals surface area contributed by atoms with E-state index in [0.717, 1.165) is 4.31 Å². The van der Waals surface area contributed by atoms with Crippen LogP contribution < -0.4 is 0 Å². The Kier molecular flexibility index (Phi) is 5.76. The van der Waals surface area contributed by atoms with Crippen molar-refractivity contribution >= 4 is 27.7 Å². The summed E-state index contributed by atoms with van der Waals surface area (Å²) in [6, 6.07) is 4.19.